The smallest absolute Gasteiger partial charge is 0.141 e. The summed E-state index contributed by atoms with van der Waals surface area (Å²) >= 11 is 3.37. The van der Waals surface area contributed by atoms with Crippen LogP contribution in [0.1, 0.15) is 31.8 Å². The van der Waals surface area contributed by atoms with Crippen molar-refractivity contribution in [2.45, 2.75) is 33.3 Å². The van der Waals surface area contributed by atoms with Crippen LogP contribution in [-0.4, -0.2) is 17.1 Å². The standard InChI is InChI=1S/C11H18BrN3O/c1-7(2)4-5-9-14-8(6-16-3)10(12)11(13)15-9/h7H,4-6H2,1-3H3,(H2,13,14,15). The summed E-state index contributed by atoms with van der Waals surface area (Å²) < 4.78 is 5.81. The monoisotopic (exact) mass is 287 g/mol. The summed E-state index contributed by atoms with van der Waals surface area (Å²) in [5.74, 6) is 1.92. The molecule has 0 saturated carbocycles. The van der Waals surface area contributed by atoms with E-state index in [0.717, 1.165) is 28.8 Å². The van der Waals surface area contributed by atoms with Crippen molar-refractivity contribution in [2.75, 3.05) is 12.8 Å². The van der Waals surface area contributed by atoms with Crippen molar-refractivity contribution < 1.29 is 4.74 Å². The number of nitrogens with two attached hydrogens (primary N) is 1. The molecule has 2 N–H and O–H groups in total. The molecule has 0 aliphatic heterocycles. The molecule has 0 aliphatic carbocycles. The van der Waals surface area contributed by atoms with E-state index in [0.29, 0.717) is 18.3 Å². The van der Waals surface area contributed by atoms with Gasteiger partial charge in [0.25, 0.3) is 0 Å². The number of aromatic nitrogens is 2. The molecular weight excluding hydrogens is 270 g/mol. The van der Waals surface area contributed by atoms with E-state index in [1.807, 2.05) is 0 Å². The van der Waals surface area contributed by atoms with Gasteiger partial charge in [-0.25, -0.2) is 9.97 Å². The maximum absolute atomic E-state index is 5.80. The minimum Gasteiger partial charge on any atom is -0.383 e. The van der Waals surface area contributed by atoms with Gasteiger partial charge in [-0.05, 0) is 28.3 Å². The Morgan fingerprint density at radius 3 is 2.62 bits per heavy atom. The molecule has 0 amide bonds. The second-order valence-corrected chi connectivity index (χ2v) is 4.94. The lowest BCUT2D eigenvalue weighted by molar-refractivity contribution is 0.180. The normalized spacial score (nSPS) is 11.1. The number of ether oxygens (including phenoxy) is 1. The molecule has 0 fully saturated rings. The lowest BCUT2D eigenvalue weighted by Crippen LogP contribution is -2.07. The van der Waals surface area contributed by atoms with Crippen molar-refractivity contribution in [3.8, 4) is 0 Å². The summed E-state index contributed by atoms with van der Waals surface area (Å²) in [5.41, 5.74) is 6.62. The van der Waals surface area contributed by atoms with E-state index in [4.69, 9.17) is 10.5 Å². The zero-order valence-electron chi connectivity index (χ0n) is 9.96. The van der Waals surface area contributed by atoms with Crippen molar-refractivity contribution >= 4 is 21.7 Å². The maximum atomic E-state index is 5.80. The first-order valence-electron chi connectivity index (χ1n) is 5.34. The van der Waals surface area contributed by atoms with E-state index >= 15 is 0 Å². The molecular formula is C11H18BrN3O. The molecule has 0 saturated heterocycles. The Bertz CT molecular complexity index is 355. The number of halogens is 1. The number of aryl methyl sites for hydroxylation is 1. The van der Waals surface area contributed by atoms with Gasteiger partial charge in [-0.1, -0.05) is 13.8 Å². The van der Waals surface area contributed by atoms with Gasteiger partial charge in [0.15, 0.2) is 0 Å². The maximum Gasteiger partial charge on any atom is 0.141 e. The number of anilines is 1. The van der Waals surface area contributed by atoms with Gasteiger partial charge in [0.2, 0.25) is 0 Å². The lowest BCUT2D eigenvalue weighted by atomic mass is 10.1. The van der Waals surface area contributed by atoms with Gasteiger partial charge in [0.1, 0.15) is 11.6 Å². The average molecular weight is 288 g/mol. The van der Waals surface area contributed by atoms with E-state index in [2.05, 4.69) is 39.7 Å². The van der Waals surface area contributed by atoms with E-state index in [9.17, 15) is 0 Å². The molecule has 1 aromatic rings. The van der Waals surface area contributed by atoms with Crippen molar-refractivity contribution in [1.29, 1.82) is 0 Å². The van der Waals surface area contributed by atoms with E-state index in [-0.39, 0.29) is 0 Å². The second-order valence-electron chi connectivity index (χ2n) is 4.15. The van der Waals surface area contributed by atoms with Crippen LogP contribution in [0.5, 0.6) is 0 Å². The highest BCUT2D eigenvalue weighted by Crippen LogP contribution is 2.22. The van der Waals surface area contributed by atoms with Crippen LogP contribution in [0.25, 0.3) is 0 Å². The number of hydrogen-bond acceptors (Lipinski definition) is 4. The highest BCUT2D eigenvalue weighted by Gasteiger charge is 2.10. The van der Waals surface area contributed by atoms with Gasteiger partial charge in [0, 0.05) is 13.5 Å². The number of nitrogens with zero attached hydrogens (tertiary/aromatic N) is 2. The molecule has 16 heavy (non-hydrogen) atoms. The van der Waals surface area contributed by atoms with Gasteiger partial charge in [-0.3, -0.25) is 0 Å². The van der Waals surface area contributed by atoms with Gasteiger partial charge < -0.3 is 10.5 Å². The summed E-state index contributed by atoms with van der Waals surface area (Å²) in [7, 11) is 1.64. The molecule has 0 spiro atoms. The Kier molecular flexibility index (Phi) is 5.15. The van der Waals surface area contributed by atoms with Crippen LogP contribution in [0.4, 0.5) is 5.82 Å². The van der Waals surface area contributed by atoms with Gasteiger partial charge in [-0.15, -0.1) is 0 Å². The summed E-state index contributed by atoms with van der Waals surface area (Å²) in [6.07, 6.45) is 1.92. The van der Waals surface area contributed by atoms with Crippen LogP contribution < -0.4 is 5.73 Å². The largest absolute Gasteiger partial charge is 0.383 e. The summed E-state index contributed by atoms with van der Waals surface area (Å²) in [4.78, 5) is 8.68. The van der Waals surface area contributed by atoms with Gasteiger partial charge in [0.05, 0.1) is 16.8 Å². The highest BCUT2D eigenvalue weighted by atomic mass is 79.9. The SMILES string of the molecule is COCc1nc(CCC(C)C)nc(N)c1Br. The van der Waals surface area contributed by atoms with Gasteiger partial charge in [-0.2, -0.15) is 0 Å². The zero-order chi connectivity index (χ0) is 12.1. The third-order valence-electron chi connectivity index (χ3n) is 2.22. The fourth-order valence-electron chi connectivity index (χ4n) is 1.33. The number of methoxy groups -OCH3 is 1. The van der Waals surface area contributed by atoms with E-state index in [1.54, 1.807) is 7.11 Å². The summed E-state index contributed by atoms with van der Waals surface area (Å²) in [6, 6.07) is 0. The van der Waals surface area contributed by atoms with Crippen LogP contribution in [0.15, 0.2) is 4.47 Å². The highest BCUT2D eigenvalue weighted by molar-refractivity contribution is 9.10. The van der Waals surface area contributed by atoms with Crippen LogP contribution in [-0.2, 0) is 17.8 Å². The molecule has 0 radical (unpaired) electrons. The van der Waals surface area contributed by atoms with Crippen molar-refractivity contribution in [1.82, 2.24) is 9.97 Å². The molecule has 0 aromatic carbocycles. The van der Waals surface area contributed by atoms with Gasteiger partial charge >= 0.3 is 0 Å². The molecule has 0 bridgehead atoms. The molecule has 0 atom stereocenters. The molecule has 1 aromatic heterocycles. The molecule has 4 nitrogen and oxygen atoms in total. The number of rotatable bonds is 5. The Balaban J connectivity index is 2.86. The molecule has 0 aliphatic rings. The van der Waals surface area contributed by atoms with Crippen molar-refractivity contribution in [2.24, 2.45) is 5.92 Å². The predicted octanol–water partition coefficient (Wildman–Crippen LogP) is 2.56. The number of nitrogen functional groups attached to an aromatic ring is 1. The number of hydrogen-bond donors (Lipinski definition) is 1. The Labute approximate surface area is 105 Å². The van der Waals surface area contributed by atoms with Crippen LogP contribution >= 0.6 is 15.9 Å². The molecule has 1 heterocycles. The lowest BCUT2D eigenvalue weighted by Gasteiger charge is -2.09. The Hall–Kier alpha value is -0.680. The first kappa shape index (κ1) is 13.4. The second kappa shape index (κ2) is 6.15. The molecule has 0 unspecified atom stereocenters. The van der Waals surface area contributed by atoms with E-state index in [1.165, 1.54) is 0 Å². The predicted molar refractivity (Wildman–Crippen MR) is 68.0 cm³/mol. The van der Waals surface area contributed by atoms with Crippen LogP contribution in [0.2, 0.25) is 0 Å². The minimum absolute atomic E-state index is 0.446. The average Bonchev–Trinajstić information content (AvgIpc) is 2.22. The molecule has 90 valence electrons. The Morgan fingerprint density at radius 2 is 2.06 bits per heavy atom. The topological polar surface area (TPSA) is 61.0 Å². The van der Waals surface area contributed by atoms with E-state index < -0.39 is 0 Å². The third-order valence-corrected chi connectivity index (χ3v) is 3.08. The minimum atomic E-state index is 0.446. The first-order chi connectivity index (χ1) is 7.54. The fraction of sp³-hybridized carbons (Fsp3) is 0.636. The Morgan fingerprint density at radius 1 is 1.38 bits per heavy atom. The van der Waals surface area contributed by atoms with Crippen LogP contribution in [0, 0.1) is 5.92 Å². The van der Waals surface area contributed by atoms with Crippen LogP contribution in [0.3, 0.4) is 0 Å². The zero-order valence-corrected chi connectivity index (χ0v) is 11.5. The molecule has 5 heteroatoms. The fourth-order valence-corrected chi connectivity index (χ4v) is 1.62. The quantitative estimate of drug-likeness (QED) is 0.904. The summed E-state index contributed by atoms with van der Waals surface area (Å²) in [6.45, 7) is 4.80. The molecule has 1 rings (SSSR count). The first-order valence-corrected chi connectivity index (χ1v) is 6.13. The third kappa shape index (κ3) is 3.72. The van der Waals surface area contributed by atoms with Crippen molar-refractivity contribution in [3.63, 3.8) is 0 Å². The van der Waals surface area contributed by atoms with Crippen molar-refractivity contribution in [3.05, 3.63) is 16.0 Å². The summed E-state index contributed by atoms with van der Waals surface area (Å²) in [5, 5.41) is 0.